The minimum absolute atomic E-state index is 0.0638. The quantitative estimate of drug-likeness (QED) is 0.869. The Hall–Kier alpha value is -2.15. The Morgan fingerprint density at radius 2 is 2.00 bits per heavy atom. The molecule has 7 heteroatoms. The lowest BCUT2D eigenvalue weighted by Gasteiger charge is -2.15. The van der Waals surface area contributed by atoms with Crippen molar-refractivity contribution in [1.82, 2.24) is 15.1 Å². The second-order valence-electron chi connectivity index (χ2n) is 7.03. The van der Waals surface area contributed by atoms with Gasteiger partial charge in [-0.1, -0.05) is 30.3 Å². The van der Waals surface area contributed by atoms with E-state index in [1.165, 1.54) is 0 Å². The van der Waals surface area contributed by atoms with Gasteiger partial charge in [-0.05, 0) is 32.8 Å². The molecule has 1 amide bonds. The number of sulfone groups is 1. The SMILES string of the molecule is Cc1nn(C2CCS(=O)(=O)C2)c(C)c1CC(=O)NC(C)c1ccccc1. The molecule has 1 aliphatic heterocycles. The van der Waals surface area contributed by atoms with Crippen molar-refractivity contribution in [2.45, 2.75) is 45.7 Å². The molecule has 1 saturated heterocycles. The molecule has 0 saturated carbocycles. The lowest BCUT2D eigenvalue weighted by atomic mass is 10.1. The summed E-state index contributed by atoms with van der Waals surface area (Å²) in [6.07, 6.45) is 0.829. The molecule has 1 N–H and O–H groups in total. The topological polar surface area (TPSA) is 81.1 Å². The maximum absolute atomic E-state index is 12.5. The van der Waals surface area contributed by atoms with E-state index < -0.39 is 9.84 Å². The first-order valence-corrected chi connectivity index (χ1v) is 10.7. The molecule has 2 atom stereocenters. The maximum Gasteiger partial charge on any atom is 0.225 e. The summed E-state index contributed by atoms with van der Waals surface area (Å²) >= 11 is 0. The van der Waals surface area contributed by atoms with Gasteiger partial charge >= 0.3 is 0 Å². The van der Waals surface area contributed by atoms with Crippen molar-refractivity contribution in [2.24, 2.45) is 0 Å². The highest BCUT2D eigenvalue weighted by atomic mass is 32.2. The molecule has 2 unspecified atom stereocenters. The highest BCUT2D eigenvalue weighted by molar-refractivity contribution is 7.91. The van der Waals surface area contributed by atoms with Gasteiger partial charge in [0.2, 0.25) is 5.91 Å². The fraction of sp³-hybridized carbons (Fsp3) is 0.474. The lowest BCUT2D eigenvalue weighted by molar-refractivity contribution is -0.121. The van der Waals surface area contributed by atoms with Crippen molar-refractivity contribution >= 4 is 15.7 Å². The van der Waals surface area contributed by atoms with Crippen molar-refractivity contribution in [1.29, 1.82) is 0 Å². The smallest absolute Gasteiger partial charge is 0.225 e. The molecule has 2 aromatic rings. The first kappa shape index (κ1) is 18.6. The molecular formula is C19H25N3O3S. The molecule has 2 heterocycles. The van der Waals surface area contributed by atoms with Crippen molar-refractivity contribution in [3.8, 4) is 0 Å². The van der Waals surface area contributed by atoms with E-state index in [0.29, 0.717) is 6.42 Å². The molecule has 26 heavy (non-hydrogen) atoms. The van der Waals surface area contributed by atoms with Crippen LogP contribution in [0.25, 0.3) is 0 Å². The number of aromatic nitrogens is 2. The van der Waals surface area contributed by atoms with E-state index in [9.17, 15) is 13.2 Å². The Labute approximate surface area is 154 Å². The second kappa shape index (κ2) is 7.23. The van der Waals surface area contributed by atoms with Crippen LogP contribution >= 0.6 is 0 Å². The lowest BCUT2D eigenvalue weighted by Crippen LogP contribution is -2.28. The summed E-state index contributed by atoms with van der Waals surface area (Å²) in [5.74, 6) is 0.276. The predicted octanol–water partition coefficient (Wildman–Crippen LogP) is 2.28. The number of carbonyl (C=O) groups is 1. The molecule has 0 radical (unpaired) electrons. The maximum atomic E-state index is 12.5. The Kier molecular flexibility index (Phi) is 5.18. The molecular weight excluding hydrogens is 350 g/mol. The molecule has 1 aromatic heterocycles. The van der Waals surface area contributed by atoms with E-state index >= 15 is 0 Å². The summed E-state index contributed by atoms with van der Waals surface area (Å²) in [4.78, 5) is 12.5. The number of benzene rings is 1. The van der Waals surface area contributed by atoms with Crippen LogP contribution in [-0.2, 0) is 21.1 Å². The van der Waals surface area contributed by atoms with Crippen LogP contribution in [0.5, 0.6) is 0 Å². The van der Waals surface area contributed by atoms with Crippen LogP contribution in [0.1, 0.15) is 47.9 Å². The van der Waals surface area contributed by atoms with Gasteiger partial charge in [0.25, 0.3) is 0 Å². The zero-order valence-electron chi connectivity index (χ0n) is 15.4. The van der Waals surface area contributed by atoms with Crippen LogP contribution in [0.2, 0.25) is 0 Å². The Balaban J connectivity index is 1.71. The van der Waals surface area contributed by atoms with Gasteiger partial charge in [-0.15, -0.1) is 0 Å². The van der Waals surface area contributed by atoms with Crippen LogP contribution in [0.3, 0.4) is 0 Å². The van der Waals surface area contributed by atoms with Gasteiger partial charge in [0.15, 0.2) is 9.84 Å². The van der Waals surface area contributed by atoms with Crippen molar-refractivity contribution < 1.29 is 13.2 Å². The largest absolute Gasteiger partial charge is 0.349 e. The summed E-state index contributed by atoms with van der Waals surface area (Å²) < 4.78 is 25.3. The van der Waals surface area contributed by atoms with Crippen LogP contribution in [0.15, 0.2) is 30.3 Å². The molecule has 0 spiro atoms. The van der Waals surface area contributed by atoms with Gasteiger partial charge < -0.3 is 5.32 Å². The molecule has 3 rings (SSSR count). The van der Waals surface area contributed by atoms with Crippen molar-refractivity contribution in [2.75, 3.05) is 11.5 Å². The minimum atomic E-state index is -2.97. The molecule has 140 valence electrons. The first-order valence-electron chi connectivity index (χ1n) is 8.86. The fourth-order valence-corrected chi connectivity index (χ4v) is 5.25. The third kappa shape index (κ3) is 3.98. The number of amides is 1. The Morgan fingerprint density at radius 3 is 2.62 bits per heavy atom. The van der Waals surface area contributed by atoms with Gasteiger partial charge in [0.05, 0.1) is 35.7 Å². The van der Waals surface area contributed by atoms with E-state index in [4.69, 9.17) is 0 Å². The Morgan fingerprint density at radius 1 is 1.31 bits per heavy atom. The average molecular weight is 375 g/mol. The second-order valence-corrected chi connectivity index (χ2v) is 9.26. The highest BCUT2D eigenvalue weighted by Crippen LogP contribution is 2.27. The first-order chi connectivity index (χ1) is 12.3. The highest BCUT2D eigenvalue weighted by Gasteiger charge is 2.31. The van der Waals surface area contributed by atoms with Crippen molar-refractivity contribution in [3.05, 3.63) is 52.8 Å². The molecule has 1 fully saturated rings. The summed E-state index contributed by atoms with van der Waals surface area (Å²) in [6, 6.07) is 9.62. The number of nitrogens with one attached hydrogen (secondary N) is 1. The summed E-state index contributed by atoms with van der Waals surface area (Å²) in [5.41, 5.74) is 3.61. The number of rotatable bonds is 5. The Bertz CT molecular complexity index is 904. The zero-order valence-corrected chi connectivity index (χ0v) is 16.2. The number of aryl methyl sites for hydroxylation is 1. The number of hydrogen-bond acceptors (Lipinski definition) is 4. The van der Waals surface area contributed by atoms with E-state index in [2.05, 4.69) is 10.4 Å². The van der Waals surface area contributed by atoms with Crippen LogP contribution in [-0.4, -0.2) is 35.6 Å². The van der Waals surface area contributed by atoms with E-state index in [-0.39, 0.29) is 35.9 Å². The van der Waals surface area contributed by atoms with Gasteiger partial charge in [-0.3, -0.25) is 9.48 Å². The molecule has 1 aliphatic rings. The fourth-order valence-electron chi connectivity index (χ4n) is 3.55. The number of carbonyl (C=O) groups excluding carboxylic acids is 1. The monoisotopic (exact) mass is 375 g/mol. The van der Waals surface area contributed by atoms with Crippen molar-refractivity contribution in [3.63, 3.8) is 0 Å². The average Bonchev–Trinajstić information content (AvgIpc) is 3.09. The standard InChI is InChI=1S/C19H25N3O3S/c1-13(16-7-5-4-6-8-16)20-19(23)11-18-14(2)21-22(15(18)3)17-9-10-26(24,25)12-17/h4-8,13,17H,9-12H2,1-3H3,(H,20,23). The van der Waals surface area contributed by atoms with E-state index in [1.807, 2.05) is 51.1 Å². The van der Waals surface area contributed by atoms with E-state index in [1.54, 1.807) is 4.68 Å². The van der Waals surface area contributed by atoms with Gasteiger partial charge in [0, 0.05) is 11.3 Å². The number of nitrogens with zero attached hydrogens (tertiary/aromatic N) is 2. The molecule has 0 bridgehead atoms. The molecule has 1 aromatic carbocycles. The predicted molar refractivity (Wildman–Crippen MR) is 101 cm³/mol. The normalized spacial score (nSPS) is 20.0. The minimum Gasteiger partial charge on any atom is -0.349 e. The van der Waals surface area contributed by atoms with E-state index in [0.717, 1.165) is 22.5 Å². The van der Waals surface area contributed by atoms with Crippen LogP contribution < -0.4 is 5.32 Å². The van der Waals surface area contributed by atoms with Gasteiger partial charge in [0.1, 0.15) is 0 Å². The third-order valence-electron chi connectivity index (χ3n) is 5.04. The van der Waals surface area contributed by atoms with Gasteiger partial charge in [-0.2, -0.15) is 5.10 Å². The van der Waals surface area contributed by atoms with Crippen LogP contribution in [0.4, 0.5) is 0 Å². The number of hydrogen-bond donors (Lipinski definition) is 1. The molecule has 0 aliphatic carbocycles. The van der Waals surface area contributed by atoms with Crippen LogP contribution in [0, 0.1) is 13.8 Å². The third-order valence-corrected chi connectivity index (χ3v) is 6.79. The summed E-state index contributed by atoms with van der Waals surface area (Å²) in [7, 11) is -2.97. The van der Waals surface area contributed by atoms with Gasteiger partial charge in [-0.25, -0.2) is 8.42 Å². The summed E-state index contributed by atoms with van der Waals surface area (Å²) in [6.45, 7) is 5.74. The summed E-state index contributed by atoms with van der Waals surface area (Å²) in [5, 5.41) is 7.54. The molecule has 6 nitrogen and oxygen atoms in total. The zero-order chi connectivity index (χ0) is 18.9.